The zero-order chi connectivity index (χ0) is 46.0. The SMILES string of the molecule is c1ccc(-c2ccc(N(c3ccc(-c4cccc5c4oc4ccccc45)cc3)c3cccc4c3C35c6ccccc6-c6ccccc6C3(c3ccccc3-c3ccccc35)c3ccccc3-4)cc2)cc1. The van der Waals surface area contributed by atoms with Crippen molar-refractivity contribution in [2.24, 2.45) is 0 Å². The Morgan fingerprint density at radius 3 is 1.24 bits per heavy atom. The van der Waals surface area contributed by atoms with Crippen molar-refractivity contribution in [2.45, 2.75) is 10.8 Å². The van der Waals surface area contributed by atoms with E-state index in [9.17, 15) is 0 Å². The lowest BCUT2D eigenvalue weighted by atomic mass is 9.38. The predicted octanol–water partition coefficient (Wildman–Crippen LogP) is 17.7. The smallest absolute Gasteiger partial charge is 0.143 e. The molecular formula is C68H43NO. The highest BCUT2D eigenvalue weighted by Gasteiger charge is 2.67. The van der Waals surface area contributed by atoms with Crippen LogP contribution in [0.1, 0.15) is 33.4 Å². The van der Waals surface area contributed by atoms with Gasteiger partial charge in [-0.2, -0.15) is 0 Å². The number of benzene rings is 11. The number of para-hydroxylation sites is 2. The summed E-state index contributed by atoms with van der Waals surface area (Å²) in [6.45, 7) is 0. The predicted molar refractivity (Wildman–Crippen MR) is 288 cm³/mol. The molecular weight excluding hydrogens is 847 g/mol. The first-order valence-corrected chi connectivity index (χ1v) is 24.3. The van der Waals surface area contributed by atoms with Gasteiger partial charge in [-0.1, -0.05) is 224 Å². The molecule has 3 aliphatic rings. The van der Waals surface area contributed by atoms with Gasteiger partial charge in [-0.25, -0.2) is 0 Å². The minimum absolute atomic E-state index is 0.666. The Balaban J connectivity index is 1.06. The molecule has 0 atom stereocenters. The van der Waals surface area contributed by atoms with Crippen molar-refractivity contribution < 1.29 is 4.42 Å². The number of rotatable bonds is 5. The first kappa shape index (κ1) is 39.1. The van der Waals surface area contributed by atoms with E-state index in [1.807, 2.05) is 6.07 Å². The minimum atomic E-state index is -0.734. The van der Waals surface area contributed by atoms with E-state index in [0.717, 1.165) is 50.1 Å². The van der Waals surface area contributed by atoms with Gasteiger partial charge in [0.15, 0.2) is 0 Å². The third-order valence-corrected chi connectivity index (χ3v) is 15.8. The second-order valence-corrected chi connectivity index (χ2v) is 19.0. The molecule has 11 aromatic carbocycles. The summed E-state index contributed by atoms with van der Waals surface area (Å²) in [5.41, 5.74) is 23.7. The first-order chi connectivity index (χ1) is 34.7. The van der Waals surface area contributed by atoms with Gasteiger partial charge in [-0.3, -0.25) is 0 Å². The third kappa shape index (κ3) is 5.07. The van der Waals surface area contributed by atoms with Gasteiger partial charge in [0.25, 0.3) is 0 Å². The summed E-state index contributed by atoms with van der Waals surface area (Å²) < 4.78 is 6.59. The second-order valence-electron chi connectivity index (χ2n) is 19.0. The fraction of sp³-hybridized carbons (Fsp3) is 0.0294. The number of hydrogen-bond acceptors (Lipinski definition) is 2. The molecule has 0 saturated heterocycles. The van der Waals surface area contributed by atoms with Crippen LogP contribution in [0.4, 0.5) is 17.1 Å². The van der Waals surface area contributed by atoms with E-state index in [0.29, 0.717) is 0 Å². The molecule has 1 heterocycles. The maximum atomic E-state index is 6.59. The third-order valence-electron chi connectivity index (χ3n) is 15.8. The van der Waals surface area contributed by atoms with Gasteiger partial charge in [0.2, 0.25) is 0 Å². The molecule has 0 aliphatic heterocycles. The summed E-state index contributed by atoms with van der Waals surface area (Å²) in [6.07, 6.45) is 0. The van der Waals surface area contributed by atoms with Crippen LogP contribution in [0, 0.1) is 0 Å². The monoisotopic (exact) mass is 889 g/mol. The highest BCUT2D eigenvalue weighted by molar-refractivity contribution is 6.10. The summed E-state index contributed by atoms with van der Waals surface area (Å²) >= 11 is 0. The average molecular weight is 890 g/mol. The number of anilines is 3. The van der Waals surface area contributed by atoms with Gasteiger partial charge in [0.05, 0.1) is 16.5 Å². The zero-order valence-electron chi connectivity index (χ0n) is 38.2. The van der Waals surface area contributed by atoms with Crippen LogP contribution in [-0.2, 0) is 10.8 Å². The summed E-state index contributed by atoms with van der Waals surface area (Å²) in [5.74, 6) is 0. The number of hydrogen-bond donors (Lipinski definition) is 0. The number of fused-ring (bicyclic) bond motifs is 12. The van der Waals surface area contributed by atoms with Gasteiger partial charge >= 0.3 is 0 Å². The topological polar surface area (TPSA) is 16.4 Å². The Labute approximate surface area is 407 Å². The molecule has 3 aliphatic carbocycles. The van der Waals surface area contributed by atoms with Gasteiger partial charge in [0, 0.05) is 33.3 Å². The minimum Gasteiger partial charge on any atom is -0.455 e. The molecule has 15 rings (SSSR count). The lowest BCUT2D eigenvalue weighted by molar-refractivity contribution is 0.406. The van der Waals surface area contributed by atoms with E-state index in [2.05, 4.69) is 260 Å². The van der Waals surface area contributed by atoms with Crippen molar-refractivity contribution in [3.63, 3.8) is 0 Å². The van der Waals surface area contributed by atoms with Crippen molar-refractivity contribution in [1.29, 1.82) is 0 Å². The molecule has 0 amide bonds. The maximum absolute atomic E-state index is 6.59. The van der Waals surface area contributed by atoms with E-state index in [4.69, 9.17) is 4.42 Å². The lowest BCUT2D eigenvalue weighted by Crippen LogP contribution is -2.58. The van der Waals surface area contributed by atoms with E-state index in [1.165, 1.54) is 77.9 Å². The molecule has 0 saturated carbocycles. The van der Waals surface area contributed by atoms with Crippen molar-refractivity contribution in [1.82, 2.24) is 0 Å². The van der Waals surface area contributed by atoms with Crippen LogP contribution >= 0.6 is 0 Å². The van der Waals surface area contributed by atoms with Gasteiger partial charge in [0.1, 0.15) is 11.2 Å². The fourth-order valence-corrected chi connectivity index (χ4v) is 13.2. The van der Waals surface area contributed by atoms with Crippen molar-refractivity contribution in [2.75, 3.05) is 4.90 Å². The van der Waals surface area contributed by atoms with E-state index in [-0.39, 0.29) is 0 Å². The molecule has 2 nitrogen and oxygen atoms in total. The number of furan rings is 1. The van der Waals surface area contributed by atoms with Gasteiger partial charge in [-0.15, -0.1) is 0 Å². The molecule has 326 valence electrons. The van der Waals surface area contributed by atoms with E-state index < -0.39 is 10.8 Å². The quantitative estimate of drug-likeness (QED) is 0.171. The molecule has 12 aromatic rings. The van der Waals surface area contributed by atoms with Crippen LogP contribution in [0.2, 0.25) is 0 Å². The van der Waals surface area contributed by atoms with Crippen LogP contribution in [0.15, 0.2) is 265 Å². The van der Waals surface area contributed by atoms with Crippen molar-refractivity contribution >= 4 is 39.0 Å². The fourth-order valence-electron chi connectivity index (χ4n) is 13.2. The zero-order valence-corrected chi connectivity index (χ0v) is 38.2. The van der Waals surface area contributed by atoms with Crippen LogP contribution < -0.4 is 4.90 Å². The second kappa shape index (κ2) is 14.8. The van der Waals surface area contributed by atoms with Gasteiger partial charge < -0.3 is 9.32 Å². The van der Waals surface area contributed by atoms with E-state index >= 15 is 0 Å². The lowest BCUT2D eigenvalue weighted by Gasteiger charge is -2.62. The largest absolute Gasteiger partial charge is 0.455 e. The molecule has 0 radical (unpaired) electrons. The highest BCUT2D eigenvalue weighted by atomic mass is 16.3. The Bertz CT molecular complexity index is 3970. The van der Waals surface area contributed by atoms with Crippen molar-refractivity contribution in [3.05, 3.63) is 294 Å². The Hall–Kier alpha value is -8.98. The molecule has 1 aromatic heterocycles. The summed E-state index contributed by atoms with van der Waals surface area (Å²) in [4.78, 5) is 2.53. The van der Waals surface area contributed by atoms with Crippen LogP contribution in [0.3, 0.4) is 0 Å². The first-order valence-electron chi connectivity index (χ1n) is 24.3. The van der Waals surface area contributed by atoms with Crippen LogP contribution in [0.25, 0.3) is 77.6 Å². The molecule has 0 spiro atoms. The summed E-state index contributed by atoms with van der Waals surface area (Å²) in [5, 5.41) is 2.26. The highest BCUT2D eigenvalue weighted by Crippen LogP contribution is 2.74. The van der Waals surface area contributed by atoms with E-state index in [1.54, 1.807) is 0 Å². The Morgan fingerprint density at radius 1 is 0.271 bits per heavy atom. The maximum Gasteiger partial charge on any atom is 0.143 e. The molecule has 0 unspecified atom stereocenters. The molecule has 0 fully saturated rings. The van der Waals surface area contributed by atoms with Crippen molar-refractivity contribution in [3.8, 4) is 55.6 Å². The number of nitrogens with zero attached hydrogens (tertiary/aromatic N) is 1. The van der Waals surface area contributed by atoms with Gasteiger partial charge in [-0.05, 0) is 114 Å². The Kier molecular flexibility index (Phi) is 8.24. The standard InChI is InChI=1S/C68H43NO/c1-2-18-44(19-3-1)45-36-40-47(41-37-45)69(48-42-38-46(39-43-48)49-26-16-28-57-55-25-9-15-35-64(55)70-66(49)57)63-34-17-27-56-54-24-8-12-31-60(54)67-58-29-10-4-20-50(58)52-22-6-13-32-61(52)68(67,65(56)63)62-33-14-7-23-53(62)51-21-5-11-30-59(51)67/h1-43H. The summed E-state index contributed by atoms with van der Waals surface area (Å²) in [6, 6.07) is 97.2. The molecule has 0 bridgehead atoms. The molecule has 2 heteroatoms. The van der Waals surface area contributed by atoms with Crippen LogP contribution in [-0.4, -0.2) is 0 Å². The normalized spacial score (nSPS) is 16.7. The summed E-state index contributed by atoms with van der Waals surface area (Å²) in [7, 11) is 0. The molecule has 0 N–H and O–H groups in total. The molecule has 70 heavy (non-hydrogen) atoms. The Morgan fingerprint density at radius 2 is 0.671 bits per heavy atom. The average Bonchev–Trinajstić information content (AvgIpc) is 3.85. The van der Waals surface area contributed by atoms with Crippen LogP contribution in [0.5, 0.6) is 0 Å².